The third kappa shape index (κ3) is 3.76. The minimum Gasteiger partial charge on any atom is -0.326 e. The first kappa shape index (κ1) is 16.9. The Hall–Kier alpha value is -2.95. The van der Waals surface area contributed by atoms with Gasteiger partial charge in [0.15, 0.2) is 0 Å². The van der Waals surface area contributed by atoms with Gasteiger partial charge in [-0.15, -0.1) is 0 Å². The molecule has 0 radical (unpaired) electrons. The van der Waals surface area contributed by atoms with Gasteiger partial charge in [-0.3, -0.25) is 19.3 Å². The lowest BCUT2D eigenvalue weighted by molar-refractivity contribution is -0.122. The van der Waals surface area contributed by atoms with Gasteiger partial charge in [-0.2, -0.15) is 0 Å². The SMILES string of the molecule is CC(=O)Nc1cccc(N2C(=O)C[C@@H](Cc3cccc(C)c3)C2=O)c1. The molecule has 0 saturated carbocycles. The van der Waals surface area contributed by atoms with E-state index in [1.165, 1.54) is 11.8 Å². The van der Waals surface area contributed by atoms with Crippen LogP contribution in [0.3, 0.4) is 0 Å². The summed E-state index contributed by atoms with van der Waals surface area (Å²) in [5.41, 5.74) is 3.25. The van der Waals surface area contributed by atoms with Crippen molar-refractivity contribution in [3.05, 3.63) is 59.7 Å². The predicted molar refractivity (Wildman–Crippen MR) is 96.2 cm³/mol. The molecular weight excluding hydrogens is 316 g/mol. The normalized spacial score (nSPS) is 17.0. The van der Waals surface area contributed by atoms with E-state index in [0.29, 0.717) is 17.8 Å². The van der Waals surface area contributed by atoms with Crippen LogP contribution in [0.1, 0.15) is 24.5 Å². The third-order valence-corrected chi connectivity index (χ3v) is 4.23. The van der Waals surface area contributed by atoms with Crippen molar-refractivity contribution in [1.29, 1.82) is 0 Å². The summed E-state index contributed by atoms with van der Waals surface area (Å²) in [6.45, 7) is 3.42. The van der Waals surface area contributed by atoms with Crippen molar-refractivity contribution in [2.45, 2.75) is 26.7 Å². The number of anilines is 2. The Morgan fingerprint density at radius 2 is 1.92 bits per heavy atom. The molecule has 0 unspecified atom stereocenters. The van der Waals surface area contributed by atoms with Crippen molar-refractivity contribution in [2.75, 3.05) is 10.2 Å². The van der Waals surface area contributed by atoms with Crippen LogP contribution < -0.4 is 10.2 Å². The van der Waals surface area contributed by atoms with E-state index >= 15 is 0 Å². The van der Waals surface area contributed by atoms with E-state index in [0.717, 1.165) is 11.1 Å². The maximum atomic E-state index is 12.8. The van der Waals surface area contributed by atoms with Gasteiger partial charge in [0.1, 0.15) is 0 Å². The molecule has 1 atom stereocenters. The molecule has 3 rings (SSSR count). The lowest BCUT2D eigenvalue weighted by atomic mass is 9.97. The average molecular weight is 336 g/mol. The molecule has 1 heterocycles. The predicted octanol–water partition coefficient (Wildman–Crippen LogP) is 3.08. The quantitative estimate of drug-likeness (QED) is 0.873. The molecule has 2 aromatic carbocycles. The first-order valence-electron chi connectivity index (χ1n) is 8.24. The maximum Gasteiger partial charge on any atom is 0.237 e. The van der Waals surface area contributed by atoms with E-state index < -0.39 is 0 Å². The van der Waals surface area contributed by atoms with E-state index in [-0.39, 0.29) is 30.1 Å². The highest BCUT2D eigenvalue weighted by Gasteiger charge is 2.39. The van der Waals surface area contributed by atoms with Gasteiger partial charge in [0.2, 0.25) is 17.7 Å². The molecule has 1 aliphatic heterocycles. The van der Waals surface area contributed by atoms with Gasteiger partial charge >= 0.3 is 0 Å². The lowest BCUT2D eigenvalue weighted by Crippen LogP contribution is -2.30. The van der Waals surface area contributed by atoms with Crippen molar-refractivity contribution in [3.63, 3.8) is 0 Å². The number of nitrogens with one attached hydrogen (secondary N) is 1. The minimum absolute atomic E-state index is 0.188. The summed E-state index contributed by atoms with van der Waals surface area (Å²) in [4.78, 5) is 37.6. The first-order chi connectivity index (χ1) is 11.9. The second-order valence-corrected chi connectivity index (χ2v) is 6.39. The number of carbonyl (C=O) groups is 3. The van der Waals surface area contributed by atoms with Crippen LogP contribution in [0, 0.1) is 12.8 Å². The molecule has 1 saturated heterocycles. The van der Waals surface area contributed by atoms with E-state index in [1.807, 2.05) is 31.2 Å². The number of carbonyl (C=O) groups excluding carboxylic acids is 3. The molecule has 0 bridgehead atoms. The monoisotopic (exact) mass is 336 g/mol. The van der Waals surface area contributed by atoms with Crippen molar-refractivity contribution in [2.24, 2.45) is 5.92 Å². The van der Waals surface area contributed by atoms with Gasteiger partial charge < -0.3 is 5.32 Å². The Morgan fingerprint density at radius 1 is 1.16 bits per heavy atom. The van der Waals surface area contributed by atoms with Crippen LogP contribution in [-0.4, -0.2) is 17.7 Å². The summed E-state index contributed by atoms with van der Waals surface area (Å²) in [6.07, 6.45) is 0.755. The van der Waals surface area contributed by atoms with E-state index in [4.69, 9.17) is 0 Å². The second-order valence-electron chi connectivity index (χ2n) is 6.39. The van der Waals surface area contributed by atoms with Gasteiger partial charge in [-0.25, -0.2) is 0 Å². The molecule has 0 aliphatic carbocycles. The molecular formula is C20H20N2O3. The number of aryl methyl sites for hydroxylation is 1. The van der Waals surface area contributed by atoms with Crippen LogP contribution in [0.25, 0.3) is 0 Å². The maximum absolute atomic E-state index is 12.8. The number of hydrogen-bond donors (Lipinski definition) is 1. The highest BCUT2D eigenvalue weighted by Crippen LogP contribution is 2.30. The summed E-state index contributed by atoms with van der Waals surface area (Å²) >= 11 is 0. The standard InChI is InChI=1S/C20H20N2O3/c1-13-5-3-6-15(9-13)10-16-11-19(24)22(20(16)25)18-8-4-7-17(12-18)21-14(2)23/h3-9,12,16H,10-11H2,1-2H3,(H,21,23)/t16-/m1/s1. The summed E-state index contributed by atoms with van der Waals surface area (Å²) in [5.74, 6) is -0.943. The van der Waals surface area contributed by atoms with Gasteiger partial charge in [0, 0.05) is 19.0 Å². The summed E-state index contributed by atoms with van der Waals surface area (Å²) in [6, 6.07) is 14.8. The summed E-state index contributed by atoms with van der Waals surface area (Å²) < 4.78 is 0. The fraction of sp³-hybridized carbons (Fsp3) is 0.250. The molecule has 5 heteroatoms. The minimum atomic E-state index is -0.348. The topological polar surface area (TPSA) is 66.5 Å². The number of nitrogens with zero attached hydrogens (tertiary/aromatic N) is 1. The van der Waals surface area contributed by atoms with Crippen molar-refractivity contribution >= 4 is 29.1 Å². The van der Waals surface area contributed by atoms with E-state index in [1.54, 1.807) is 24.3 Å². The molecule has 5 nitrogen and oxygen atoms in total. The fourth-order valence-corrected chi connectivity index (χ4v) is 3.18. The molecule has 1 aliphatic rings. The zero-order valence-electron chi connectivity index (χ0n) is 14.3. The first-order valence-corrected chi connectivity index (χ1v) is 8.24. The molecule has 128 valence electrons. The number of amides is 3. The smallest absolute Gasteiger partial charge is 0.237 e. The Bertz CT molecular complexity index is 844. The highest BCUT2D eigenvalue weighted by molar-refractivity contribution is 6.21. The zero-order chi connectivity index (χ0) is 18.0. The van der Waals surface area contributed by atoms with Crippen LogP contribution in [0.4, 0.5) is 11.4 Å². The molecule has 1 N–H and O–H groups in total. The van der Waals surface area contributed by atoms with Crippen LogP contribution in [-0.2, 0) is 20.8 Å². The molecule has 0 aromatic heterocycles. The van der Waals surface area contributed by atoms with Gasteiger partial charge in [-0.05, 0) is 37.1 Å². The van der Waals surface area contributed by atoms with Gasteiger partial charge in [0.25, 0.3) is 0 Å². The second kappa shape index (κ2) is 6.89. The summed E-state index contributed by atoms with van der Waals surface area (Å²) in [7, 11) is 0. The Morgan fingerprint density at radius 3 is 2.64 bits per heavy atom. The number of imide groups is 1. The zero-order valence-corrected chi connectivity index (χ0v) is 14.3. The molecule has 3 amide bonds. The lowest BCUT2D eigenvalue weighted by Gasteiger charge is -2.16. The van der Waals surface area contributed by atoms with Gasteiger partial charge in [0.05, 0.1) is 11.6 Å². The van der Waals surface area contributed by atoms with Crippen molar-refractivity contribution in [1.82, 2.24) is 0 Å². The largest absolute Gasteiger partial charge is 0.326 e. The molecule has 2 aromatic rings. The average Bonchev–Trinajstić information content (AvgIpc) is 2.81. The van der Waals surface area contributed by atoms with E-state index in [2.05, 4.69) is 5.32 Å². The number of hydrogen-bond acceptors (Lipinski definition) is 3. The van der Waals surface area contributed by atoms with Crippen LogP contribution in [0.5, 0.6) is 0 Å². The van der Waals surface area contributed by atoms with Crippen molar-refractivity contribution in [3.8, 4) is 0 Å². The van der Waals surface area contributed by atoms with E-state index in [9.17, 15) is 14.4 Å². The molecule has 1 fully saturated rings. The molecule has 25 heavy (non-hydrogen) atoms. The van der Waals surface area contributed by atoms with Crippen molar-refractivity contribution < 1.29 is 14.4 Å². The van der Waals surface area contributed by atoms with Crippen LogP contribution in [0.15, 0.2) is 48.5 Å². The van der Waals surface area contributed by atoms with Crippen LogP contribution >= 0.6 is 0 Å². The van der Waals surface area contributed by atoms with Crippen LogP contribution in [0.2, 0.25) is 0 Å². The fourth-order valence-electron chi connectivity index (χ4n) is 3.18. The third-order valence-electron chi connectivity index (χ3n) is 4.23. The molecule has 0 spiro atoms. The van der Waals surface area contributed by atoms with Gasteiger partial charge in [-0.1, -0.05) is 35.9 Å². The Balaban J connectivity index is 1.80. The number of rotatable bonds is 4. The summed E-state index contributed by atoms with van der Waals surface area (Å²) in [5, 5.41) is 2.67. The Labute approximate surface area is 146 Å². The number of benzene rings is 2. The highest BCUT2D eigenvalue weighted by atomic mass is 16.2. The Kier molecular flexibility index (Phi) is 4.65.